The van der Waals surface area contributed by atoms with E-state index in [4.69, 9.17) is 0 Å². The predicted octanol–water partition coefficient (Wildman–Crippen LogP) is 5.29. The van der Waals surface area contributed by atoms with Gasteiger partial charge in [-0.05, 0) is 53.3 Å². The van der Waals surface area contributed by atoms with Gasteiger partial charge in [-0.2, -0.15) is 0 Å². The van der Waals surface area contributed by atoms with E-state index in [1.807, 2.05) is 61.5 Å². The number of hydrogen-bond acceptors (Lipinski definition) is 4. The van der Waals surface area contributed by atoms with Crippen molar-refractivity contribution in [1.29, 1.82) is 0 Å². The van der Waals surface area contributed by atoms with Crippen molar-refractivity contribution in [2.45, 2.75) is 25.8 Å². The van der Waals surface area contributed by atoms with Crippen LogP contribution in [0.3, 0.4) is 0 Å². The van der Waals surface area contributed by atoms with E-state index in [2.05, 4.69) is 5.32 Å². The SMILES string of the molecule is Cc1ccccc1CCN(CCC(=O)O)C(=O)c1ccccc1-c1ccccc1C(=O)N[C@H](CO)c1ccccc1. The van der Waals surface area contributed by atoms with E-state index in [9.17, 15) is 24.6 Å². The summed E-state index contributed by atoms with van der Waals surface area (Å²) in [5, 5.41) is 22.2. The number of carboxylic acid groups (broad SMARTS) is 1. The van der Waals surface area contributed by atoms with Crippen LogP contribution in [0.15, 0.2) is 103 Å². The minimum atomic E-state index is -0.981. The van der Waals surface area contributed by atoms with Gasteiger partial charge in [-0.25, -0.2) is 0 Å². The summed E-state index contributed by atoms with van der Waals surface area (Å²) in [6, 6.07) is 30.6. The van der Waals surface area contributed by atoms with Gasteiger partial charge >= 0.3 is 5.97 Å². The van der Waals surface area contributed by atoms with Crippen LogP contribution >= 0.6 is 0 Å². The number of nitrogens with one attached hydrogen (secondary N) is 1. The van der Waals surface area contributed by atoms with Gasteiger partial charge in [0.2, 0.25) is 0 Å². The summed E-state index contributed by atoms with van der Waals surface area (Å²) in [7, 11) is 0. The van der Waals surface area contributed by atoms with Crippen molar-refractivity contribution < 1.29 is 24.6 Å². The maximum Gasteiger partial charge on any atom is 0.305 e. The fourth-order valence-electron chi connectivity index (χ4n) is 4.84. The highest BCUT2D eigenvalue weighted by molar-refractivity contribution is 6.06. The molecular weight excluding hydrogens is 516 g/mol. The third-order valence-electron chi connectivity index (χ3n) is 7.10. The Bertz CT molecular complexity index is 1500. The third-order valence-corrected chi connectivity index (χ3v) is 7.10. The Labute approximate surface area is 240 Å². The minimum absolute atomic E-state index is 0.0613. The Morgan fingerprint density at radius 2 is 1.34 bits per heavy atom. The van der Waals surface area contributed by atoms with Crippen LogP contribution in [0.5, 0.6) is 0 Å². The molecule has 4 aromatic rings. The Morgan fingerprint density at radius 3 is 2.00 bits per heavy atom. The average Bonchev–Trinajstić information content (AvgIpc) is 3.00. The molecule has 41 heavy (non-hydrogen) atoms. The number of carboxylic acids is 1. The number of nitrogens with zero attached hydrogens (tertiary/aromatic N) is 1. The van der Waals surface area contributed by atoms with Gasteiger partial charge in [-0.3, -0.25) is 14.4 Å². The van der Waals surface area contributed by atoms with E-state index in [0.29, 0.717) is 35.2 Å². The van der Waals surface area contributed by atoms with E-state index in [1.54, 1.807) is 53.4 Å². The Morgan fingerprint density at radius 1 is 0.756 bits per heavy atom. The molecule has 3 N–H and O–H groups in total. The van der Waals surface area contributed by atoms with Gasteiger partial charge in [0, 0.05) is 24.2 Å². The number of rotatable bonds is 12. The molecule has 0 fully saturated rings. The maximum atomic E-state index is 13.9. The first-order chi connectivity index (χ1) is 19.9. The lowest BCUT2D eigenvalue weighted by Crippen LogP contribution is -2.35. The molecule has 210 valence electrons. The lowest BCUT2D eigenvalue weighted by atomic mass is 9.93. The van der Waals surface area contributed by atoms with Crippen LogP contribution in [0.4, 0.5) is 0 Å². The summed E-state index contributed by atoms with van der Waals surface area (Å²) in [4.78, 5) is 40.4. The summed E-state index contributed by atoms with van der Waals surface area (Å²) in [6.07, 6.45) is 0.407. The van der Waals surface area contributed by atoms with Crippen molar-refractivity contribution in [2.24, 2.45) is 0 Å². The zero-order chi connectivity index (χ0) is 29.2. The highest BCUT2D eigenvalue weighted by atomic mass is 16.4. The van der Waals surface area contributed by atoms with E-state index in [0.717, 1.165) is 16.7 Å². The number of carbonyl (C=O) groups is 3. The van der Waals surface area contributed by atoms with Crippen LogP contribution in [0.25, 0.3) is 11.1 Å². The second-order valence-corrected chi connectivity index (χ2v) is 9.82. The topological polar surface area (TPSA) is 107 Å². The second-order valence-electron chi connectivity index (χ2n) is 9.82. The molecule has 0 saturated heterocycles. The van der Waals surface area contributed by atoms with Gasteiger partial charge in [-0.15, -0.1) is 0 Å². The van der Waals surface area contributed by atoms with Crippen LogP contribution in [-0.2, 0) is 11.2 Å². The van der Waals surface area contributed by atoms with Gasteiger partial charge in [0.15, 0.2) is 0 Å². The maximum absolute atomic E-state index is 13.9. The van der Waals surface area contributed by atoms with Crippen LogP contribution in [0.2, 0.25) is 0 Å². The molecule has 4 rings (SSSR count). The zero-order valence-corrected chi connectivity index (χ0v) is 23.0. The smallest absolute Gasteiger partial charge is 0.305 e. The van der Waals surface area contributed by atoms with Crippen LogP contribution in [0.1, 0.15) is 49.9 Å². The predicted molar refractivity (Wildman–Crippen MR) is 159 cm³/mol. The van der Waals surface area contributed by atoms with E-state index >= 15 is 0 Å². The first-order valence-corrected chi connectivity index (χ1v) is 13.6. The van der Waals surface area contributed by atoms with Gasteiger partial charge in [0.05, 0.1) is 19.1 Å². The number of carbonyl (C=O) groups excluding carboxylic acids is 2. The quantitative estimate of drug-likeness (QED) is 0.222. The monoisotopic (exact) mass is 550 g/mol. The summed E-state index contributed by atoms with van der Waals surface area (Å²) in [5.41, 5.74) is 4.85. The van der Waals surface area contributed by atoms with Crippen molar-refractivity contribution in [2.75, 3.05) is 19.7 Å². The molecule has 4 aromatic carbocycles. The highest BCUT2D eigenvalue weighted by Gasteiger charge is 2.24. The summed E-state index contributed by atoms with van der Waals surface area (Å²) < 4.78 is 0. The molecule has 0 bridgehead atoms. The lowest BCUT2D eigenvalue weighted by Gasteiger charge is -2.24. The number of amides is 2. The van der Waals surface area contributed by atoms with E-state index in [1.165, 1.54) is 0 Å². The number of benzene rings is 4. The van der Waals surface area contributed by atoms with Crippen molar-refractivity contribution >= 4 is 17.8 Å². The first-order valence-electron chi connectivity index (χ1n) is 13.6. The number of aliphatic carboxylic acids is 1. The van der Waals surface area contributed by atoms with Crippen molar-refractivity contribution in [3.05, 3.63) is 131 Å². The van der Waals surface area contributed by atoms with Gasteiger partial charge in [0.1, 0.15) is 0 Å². The molecule has 0 spiro atoms. The second kappa shape index (κ2) is 14.1. The van der Waals surface area contributed by atoms with Gasteiger partial charge < -0.3 is 20.4 Å². The molecule has 1 atom stereocenters. The third kappa shape index (κ3) is 7.47. The normalized spacial score (nSPS) is 11.5. The Kier molecular flexibility index (Phi) is 10.0. The number of aryl methyl sites for hydroxylation is 1. The molecule has 0 radical (unpaired) electrons. The fourth-order valence-corrected chi connectivity index (χ4v) is 4.84. The molecule has 2 amide bonds. The number of aliphatic hydroxyl groups is 1. The van der Waals surface area contributed by atoms with Crippen LogP contribution < -0.4 is 5.32 Å². The van der Waals surface area contributed by atoms with Crippen molar-refractivity contribution in [1.82, 2.24) is 10.2 Å². The standard InChI is InChI=1S/C34H34N2O5/c1-24-11-5-6-12-25(24)19-21-36(22-20-32(38)39)34(41)30-18-10-8-16-28(30)27-15-7-9-17-29(27)33(40)35-31(23-37)26-13-3-2-4-14-26/h2-18,31,37H,19-23H2,1H3,(H,35,40)(H,38,39)/t31-/m1/s1. The van der Waals surface area contributed by atoms with E-state index < -0.39 is 12.0 Å². The highest BCUT2D eigenvalue weighted by Crippen LogP contribution is 2.29. The molecule has 7 nitrogen and oxygen atoms in total. The van der Waals surface area contributed by atoms with Crippen molar-refractivity contribution in [3.63, 3.8) is 0 Å². The first kappa shape index (κ1) is 29.2. The summed E-state index contributed by atoms with van der Waals surface area (Å²) in [6.45, 7) is 2.15. The largest absolute Gasteiger partial charge is 0.481 e. The Balaban J connectivity index is 1.64. The molecule has 0 aliphatic heterocycles. The molecule has 0 saturated carbocycles. The molecule has 0 heterocycles. The van der Waals surface area contributed by atoms with E-state index in [-0.39, 0.29) is 31.4 Å². The summed E-state index contributed by atoms with van der Waals surface area (Å²) in [5.74, 6) is -1.66. The lowest BCUT2D eigenvalue weighted by molar-refractivity contribution is -0.137. The molecule has 7 heteroatoms. The van der Waals surface area contributed by atoms with Crippen LogP contribution in [0, 0.1) is 6.92 Å². The minimum Gasteiger partial charge on any atom is -0.481 e. The number of aliphatic hydroxyl groups excluding tert-OH is 1. The fraction of sp³-hybridized carbons (Fsp3) is 0.206. The molecule has 0 aliphatic carbocycles. The van der Waals surface area contributed by atoms with Crippen LogP contribution in [-0.4, -0.2) is 52.6 Å². The summed E-state index contributed by atoms with van der Waals surface area (Å²) >= 11 is 0. The molecule has 0 aliphatic rings. The average molecular weight is 551 g/mol. The molecular formula is C34H34N2O5. The molecule has 0 aromatic heterocycles. The molecule has 0 unspecified atom stereocenters. The van der Waals surface area contributed by atoms with Crippen molar-refractivity contribution in [3.8, 4) is 11.1 Å². The Hall–Kier alpha value is -4.75. The zero-order valence-electron chi connectivity index (χ0n) is 23.0. The van der Waals surface area contributed by atoms with Gasteiger partial charge in [-0.1, -0.05) is 91.0 Å². The van der Waals surface area contributed by atoms with Gasteiger partial charge in [0.25, 0.3) is 11.8 Å². The number of hydrogen-bond donors (Lipinski definition) is 3.